The first kappa shape index (κ1) is 13.7. The molecule has 5 heteroatoms. The molecule has 17 heavy (non-hydrogen) atoms. The van der Waals surface area contributed by atoms with Crippen LogP contribution in [0.3, 0.4) is 0 Å². The normalized spacial score (nSPS) is 18.6. The van der Waals surface area contributed by atoms with Crippen LogP contribution in [0.25, 0.3) is 0 Å². The van der Waals surface area contributed by atoms with Crippen molar-refractivity contribution in [1.82, 2.24) is 4.90 Å². The van der Waals surface area contributed by atoms with Crippen molar-refractivity contribution in [3.8, 4) is 0 Å². The van der Waals surface area contributed by atoms with Crippen LogP contribution in [0.2, 0.25) is 0 Å². The monoisotopic (exact) mass is 241 g/mol. The Morgan fingerprint density at radius 2 is 1.82 bits per heavy atom. The standard InChI is InChI=1S/C12H19NO4/c1-8(2)6-9(12(16)17)7-13-10(14)4-3-5-11(13)15/h8-9H,3-7H2,1-2H3,(H,16,17). The highest BCUT2D eigenvalue weighted by Gasteiger charge is 2.31. The number of hydrogen-bond donors (Lipinski definition) is 1. The van der Waals surface area contributed by atoms with Crippen molar-refractivity contribution in [3.63, 3.8) is 0 Å². The van der Waals surface area contributed by atoms with Gasteiger partial charge in [0.2, 0.25) is 11.8 Å². The van der Waals surface area contributed by atoms with Crippen LogP contribution in [0, 0.1) is 11.8 Å². The summed E-state index contributed by atoms with van der Waals surface area (Å²) in [7, 11) is 0. The molecule has 1 heterocycles. The van der Waals surface area contributed by atoms with E-state index in [0.29, 0.717) is 25.7 Å². The number of nitrogens with zero attached hydrogens (tertiary/aromatic N) is 1. The summed E-state index contributed by atoms with van der Waals surface area (Å²) in [5.41, 5.74) is 0. The lowest BCUT2D eigenvalue weighted by Gasteiger charge is -2.28. The summed E-state index contributed by atoms with van der Waals surface area (Å²) in [4.78, 5) is 35.3. The minimum Gasteiger partial charge on any atom is -0.481 e. The van der Waals surface area contributed by atoms with Gasteiger partial charge in [0.05, 0.1) is 5.92 Å². The molecule has 0 radical (unpaired) electrons. The summed E-state index contributed by atoms with van der Waals surface area (Å²) in [6.45, 7) is 3.87. The van der Waals surface area contributed by atoms with Crippen molar-refractivity contribution in [2.24, 2.45) is 11.8 Å². The lowest BCUT2D eigenvalue weighted by atomic mass is 9.95. The molecule has 0 aromatic carbocycles. The van der Waals surface area contributed by atoms with E-state index in [4.69, 9.17) is 5.11 Å². The third-order valence-corrected chi connectivity index (χ3v) is 2.89. The number of amides is 2. The summed E-state index contributed by atoms with van der Waals surface area (Å²) in [6.07, 6.45) is 1.75. The fourth-order valence-electron chi connectivity index (χ4n) is 2.05. The number of carboxylic acid groups (broad SMARTS) is 1. The van der Waals surface area contributed by atoms with Crippen molar-refractivity contribution in [1.29, 1.82) is 0 Å². The van der Waals surface area contributed by atoms with Crippen LogP contribution < -0.4 is 0 Å². The molecule has 1 atom stereocenters. The van der Waals surface area contributed by atoms with Crippen molar-refractivity contribution in [2.45, 2.75) is 39.5 Å². The third kappa shape index (κ3) is 3.84. The molecule has 0 saturated carbocycles. The number of aliphatic carboxylic acids is 1. The third-order valence-electron chi connectivity index (χ3n) is 2.89. The van der Waals surface area contributed by atoms with Gasteiger partial charge in [-0.15, -0.1) is 0 Å². The maximum Gasteiger partial charge on any atom is 0.308 e. The number of piperidine rings is 1. The molecule has 2 amide bonds. The van der Waals surface area contributed by atoms with Crippen LogP contribution in [-0.2, 0) is 14.4 Å². The van der Waals surface area contributed by atoms with Crippen molar-refractivity contribution in [2.75, 3.05) is 6.54 Å². The first-order valence-electron chi connectivity index (χ1n) is 5.97. The van der Waals surface area contributed by atoms with E-state index in [1.54, 1.807) is 0 Å². The van der Waals surface area contributed by atoms with Crippen LogP contribution in [-0.4, -0.2) is 34.3 Å². The predicted octanol–water partition coefficient (Wildman–Crippen LogP) is 1.27. The molecule has 1 fully saturated rings. The SMILES string of the molecule is CC(C)CC(CN1C(=O)CCCC1=O)C(=O)O. The fourth-order valence-corrected chi connectivity index (χ4v) is 2.05. The second kappa shape index (κ2) is 5.80. The molecule has 0 bridgehead atoms. The molecule has 1 N–H and O–H groups in total. The minimum atomic E-state index is -0.940. The van der Waals surface area contributed by atoms with Gasteiger partial charge in [-0.2, -0.15) is 0 Å². The van der Waals surface area contributed by atoms with E-state index >= 15 is 0 Å². The van der Waals surface area contributed by atoms with Gasteiger partial charge in [0.15, 0.2) is 0 Å². The Morgan fingerprint density at radius 1 is 1.29 bits per heavy atom. The summed E-state index contributed by atoms with van der Waals surface area (Å²) in [5.74, 6) is -1.84. The molecule has 1 rings (SSSR count). The number of imide groups is 1. The molecule has 1 unspecified atom stereocenters. The number of carbonyl (C=O) groups is 3. The van der Waals surface area contributed by atoms with Gasteiger partial charge in [-0.1, -0.05) is 13.8 Å². The van der Waals surface area contributed by atoms with Gasteiger partial charge >= 0.3 is 5.97 Å². The fraction of sp³-hybridized carbons (Fsp3) is 0.750. The zero-order valence-corrected chi connectivity index (χ0v) is 10.3. The van der Waals surface area contributed by atoms with E-state index < -0.39 is 11.9 Å². The van der Waals surface area contributed by atoms with Gasteiger partial charge in [-0.05, 0) is 18.8 Å². The van der Waals surface area contributed by atoms with Crippen LogP contribution in [0.4, 0.5) is 0 Å². The minimum absolute atomic E-state index is 0.0190. The number of rotatable bonds is 5. The maximum atomic E-state index is 11.6. The summed E-state index contributed by atoms with van der Waals surface area (Å²) in [6, 6.07) is 0. The van der Waals surface area contributed by atoms with Gasteiger partial charge in [0.25, 0.3) is 0 Å². The number of likely N-dealkylation sites (tertiary alicyclic amines) is 1. The summed E-state index contributed by atoms with van der Waals surface area (Å²) in [5, 5.41) is 9.08. The van der Waals surface area contributed by atoms with Gasteiger partial charge < -0.3 is 5.11 Å². The predicted molar refractivity (Wildman–Crippen MR) is 61.2 cm³/mol. The molecule has 96 valence electrons. The second-order valence-electron chi connectivity index (χ2n) is 4.92. The molecule has 0 spiro atoms. The van der Waals surface area contributed by atoms with Crippen LogP contribution in [0.1, 0.15) is 39.5 Å². The topological polar surface area (TPSA) is 74.7 Å². The highest BCUT2D eigenvalue weighted by molar-refractivity contribution is 5.97. The van der Waals surface area contributed by atoms with Gasteiger partial charge in [0, 0.05) is 19.4 Å². The molecule has 0 aromatic heterocycles. The van der Waals surface area contributed by atoms with Gasteiger partial charge in [-0.3, -0.25) is 19.3 Å². The van der Waals surface area contributed by atoms with E-state index in [1.807, 2.05) is 13.8 Å². The molecular formula is C12H19NO4. The van der Waals surface area contributed by atoms with E-state index in [1.165, 1.54) is 0 Å². The molecule has 0 aliphatic carbocycles. The highest BCUT2D eigenvalue weighted by atomic mass is 16.4. The maximum absolute atomic E-state index is 11.6. The summed E-state index contributed by atoms with van der Waals surface area (Å²) < 4.78 is 0. The second-order valence-corrected chi connectivity index (χ2v) is 4.92. The van der Waals surface area contributed by atoms with E-state index in [2.05, 4.69) is 0 Å². The molecular weight excluding hydrogens is 222 g/mol. The van der Waals surface area contributed by atoms with Crippen LogP contribution in [0.15, 0.2) is 0 Å². The van der Waals surface area contributed by atoms with Crippen molar-refractivity contribution >= 4 is 17.8 Å². The first-order chi connectivity index (χ1) is 7.91. The zero-order valence-electron chi connectivity index (χ0n) is 10.3. The van der Waals surface area contributed by atoms with E-state index in [-0.39, 0.29) is 24.3 Å². The Labute approximate surface area is 101 Å². The Bertz CT molecular complexity index is 308. The largest absolute Gasteiger partial charge is 0.481 e. The van der Waals surface area contributed by atoms with Crippen LogP contribution in [0.5, 0.6) is 0 Å². The number of hydrogen-bond acceptors (Lipinski definition) is 3. The summed E-state index contributed by atoms with van der Waals surface area (Å²) >= 11 is 0. The van der Waals surface area contributed by atoms with Crippen molar-refractivity contribution < 1.29 is 19.5 Å². The average molecular weight is 241 g/mol. The molecule has 5 nitrogen and oxygen atoms in total. The Morgan fingerprint density at radius 3 is 2.24 bits per heavy atom. The average Bonchev–Trinajstić information content (AvgIpc) is 2.21. The molecule has 1 aliphatic rings. The van der Waals surface area contributed by atoms with Crippen molar-refractivity contribution in [3.05, 3.63) is 0 Å². The molecule has 1 aliphatic heterocycles. The Hall–Kier alpha value is -1.39. The number of carboxylic acids is 1. The quantitative estimate of drug-likeness (QED) is 0.735. The zero-order chi connectivity index (χ0) is 13.0. The molecule has 1 saturated heterocycles. The first-order valence-corrected chi connectivity index (χ1v) is 5.97. The Kier molecular flexibility index (Phi) is 4.66. The van der Waals surface area contributed by atoms with Gasteiger partial charge in [-0.25, -0.2) is 0 Å². The molecule has 0 aromatic rings. The lowest BCUT2D eigenvalue weighted by Crippen LogP contribution is -2.44. The van der Waals surface area contributed by atoms with E-state index in [9.17, 15) is 14.4 Å². The smallest absolute Gasteiger partial charge is 0.308 e. The number of carbonyl (C=O) groups excluding carboxylic acids is 2. The van der Waals surface area contributed by atoms with Gasteiger partial charge in [0.1, 0.15) is 0 Å². The highest BCUT2D eigenvalue weighted by Crippen LogP contribution is 2.18. The lowest BCUT2D eigenvalue weighted by molar-refractivity contribution is -0.151. The Balaban J connectivity index is 2.67. The van der Waals surface area contributed by atoms with E-state index in [0.717, 1.165) is 4.90 Å². The van der Waals surface area contributed by atoms with Crippen LogP contribution >= 0.6 is 0 Å².